The van der Waals surface area contributed by atoms with Gasteiger partial charge in [0.2, 0.25) is 0 Å². The number of rotatable bonds is 4. The predicted molar refractivity (Wildman–Crippen MR) is 81.3 cm³/mol. The number of aryl methyl sites for hydroxylation is 1. The molecule has 96 valence electrons. The molecule has 0 radical (unpaired) electrons. The molecule has 0 aliphatic rings. The van der Waals surface area contributed by atoms with Gasteiger partial charge in [-0.25, -0.2) is 0 Å². The maximum absolute atomic E-state index is 4.66. The van der Waals surface area contributed by atoms with Crippen molar-refractivity contribution in [3.05, 3.63) is 64.0 Å². The van der Waals surface area contributed by atoms with Gasteiger partial charge < -0.3 is 5.32 Å². The fourth-order valence-electron chi connectivity index (χ4n) is 2.10. The van der Waals surface area contributed by atoms with Crippen LogP contribution in [0.5, 0.6) is 0 Å². The van der Waals surface area contributed by atoms with E-state index in [-0.39, 0.29) is 0 Å². The minimum atomic E-state index is 0.808. The zero-order valence-corrected chi connectivity index (χ0v) is 11.7. The standard InChI is InChI=1S/C16H16N2S/c1-12-8-9-19-16(12)11-17-10-14-7-6-13-4-2-3-5-15(13)18-14/h2-9,17H,10-11H2,1H3. The molecule has 2 nitrogen and oxygen atoms in total. The van der Waals surface area contributed by atoms with Crippen molar-refractivity contribution in [2.45, 2.75) is 20.0 Å². The molecule has 0 amide bonds. The topological polar surface area (TPSA) is 24.9 Å². The summed E-state index contributed by atoms with van der Waals surface area (Å²) in [6.07, 6.45) is 0. The molecule has 2 heterocycles. The number of nitrogens with zero attached hydrogens (tertiary/aromatic N) is 1. The van der Waals surface area contributed by atoms with Crippen molar-refractivity contribution in [2.75, 3.05) is 0 Å². The Morgan fingerprint density at radius 3 is 2.79 bits per heavy atom. The number of benzene rings is 1. The first-order valence-electron chi connectivity index (χ1n) is 6.41. The number of hydrogen-bond acceptors (Lipinski definition) is 3. The summed E-state index contributed by atoms with van der Waals surface area (Å²) >= 11 is 1.80. The maximum Gasteiger partial charge on any atom is 0.0705 e. The van der Waals surface area contributed by atoms with Crippen LogP contribution in [0.4, 0.5) is 0 Å². The summed E-state index contributed by atoms with van der Waals surface area (Å²) in [7, 11) is 0. The van der Waals surface area contributed by atoms with E-state index in [1.807, 2.05) is 12.1 Å². The van der Waals surface area contributed by atoms with E-state index in [9.17, 15) is 0 Å². The van der Waals surface area contributed by atoms with Gasteiger partial charge in [-0.1, -0.05) is 24.3 Å². The molecule has 0 atom stereocenters. The molecule has 1 N–H and O–H groups in total. The first-order valence-corrected chi connectivity index (χ1v) is 7.29. The van der Waals surface area contributed by atoms with Crippen molar-refractivity contribution in [3.63, 3.8) is 0 Å². The van der Waals surface area contributed by atoms with Crippen molar-refractivity contribution in [1.29, 1.82) is 0 Å². The average molecular weight is 268 g/mol. The minimum Gasteiger partial charge on any atom is -0.306 e. The molecule has 0 saturated heterocycles. The number of nitrogens with one attached hydrogen (secondary N) is 1. The monoisotopic (exact) mass is 268 g/mol. The molecule has 0 fully saturated rings. The SMILES string of the molecule is Cc1ccsc1CNCc1ccc2ccccc2n1. The summed E-state index contributed by atoms with van der Waals surface area (Å²) in [5, 5.41) is 6.79. The molecule has 3 rings (SSSR count). The van der Waals surface area contributed by atoms with Crippen LogP contribution in [-0.2, 0) is 13.1 Å². The number of pyridine rings is 1. The Balaban J connectivity index is 1.67. The predicted octanol–water partition coefficient (Wildman–Crippen LogP) is 3.89. The van der Waals surface area contributed by atoms with Gasteiger partial charge in [-0.3, -0.25) is 4.98 Å². The van der Waals surface area contributed by atoms with E-state index in [1.165, 1.54) is 15.8 Å². The van der Waals surface area contributed by atoms with Crippen LogP contribution in [-0.4, -0.2) is 4.98 Å². The molecule has 0 unspecified atom stereocenters. The van der Waals surface area contributed by atoms with Crippen LogP contribution in [0.2, 0.25) is 0 Å². The molecule has 0 saturated carbocycles. The molecule has 0 bridgehead atoms. The van der Waals surface area contributed by atoms with Crippen LogP contribution in [0.15, 0.2) is 47.8 Å². The third kappa shape index (κ3) is 2.83. The molecule has 0 aliphatic heterocycles. The van der Waals surface area contributed by atoms with Crippen LogP contribution >= 0.6 is 11.3 Å². The van der Waals surface area contributed by atoms with Crippen LogP contribution in [0.3, 0.4) is 0 Å². The molecule has 0 spiro atoms. The second kappa shape index (κ2) is 5.51. The molecular weight excluding hydrogens is 252 g/mol. The highest BCUT2D eigenvalue weighted by Gasteiger charge is 2.01. The molecular formula is C16H16N2S. The Morgan fingerprint density at radius 1 is 1.05 bits per heavy atom. The lowest BCUT2D eigenvalue weighted by Crippen LogP contribution is -2.13. The molecule has 3 aromatic rings. The number of thiophene rings is 1. The summed E-state index contributed by atoms with van der Waals surface area (Å²) in [6, 6.07) is 14.6. The smallest absolute Gasteiger partial charge is 0.0705 e. The van der Waals surface area contributed by atoms with E-state index in [2.05, 4.69) is 52.9 Å². The van der Waals surface area contributed by atoms with Crippen molar-refractivity contribution in [1.82, 2.24) is 10.3 Å². The van der Waals surface area contributed by atoms with Gasteiger partial charge in [0.25, 0.3) is 0 Å². The molecule has 19 heavy (non-hydrogen) atoms. The van der Waals surface area contributed by atoms with E-state index in [4.69, 9.17) is 0 Å². The zero-order chi connectivity index (χ0) is 13.1. The van der Waals surface area contributed by atoms with Gasteiger partial charge in [0, 0.05) is 23.4 Å². The normalized spacial score (nSPS) is 11.0. The lowest BCUT2D eigenvalue weighted by Gasteiger charge is -2.05. The molecule has 3 heteroatoms. The average Bonchev–Trinajstić information content (AvgIpc) is 2.84. The van der Waals surface area contributed by atoms with Crippen molar-refractivity contribution in [3.8, 4) is 0 Å². The minimum absolute atomic E-state index is 0.808. The van der Waals surface area contributed by atoms with E-state index in [0.29, 0.717) is 0 Å². The summed E-state index contributed by atoms with van der Waals surface area (Å²) in [5.41, 5.74) is 3.52. The van der Waals surface area contributed by atoms with Crippen LogP contribution in [0.25, 0.3) is 10.9 Å². The van der Waals surface area contributed by atoms with E-state index in [0.717, 1.165) is 24.3 Å². The Bertz CT molecular complexity index is 688. The Hall–Kier alpha value is -1.71. The fourth-order valence-corrected chi connectivity index (χ4v) is 2.97. The highest BCUT2D eigenvalue weighted by Crippen LogP contribution is 2.15. The van der Waals surface area contributed by atoms with Gasteiger partial charge in [-0.15, -0.1) is 11.3 Å². The summed E-state index contributed by atoms with van der Waals surface area (Å²) in [4.78, 5) is 6.06. The van der Waals surface area contributed by atoms with Gasteiger partial charge in [0.15, 0.2) is 0 Å². The fraction of sp³-hybridized carbons (Fsp3) is 0.188. The van der Waals surface area contributed by atoms with Crippen molar-refractivity contribution < 1.29 is 0 Å². The number of hydrogen-bond donors (Lipinski definition) is 1. The quantitative estimate of drug-likeness (QED) is 0.776. The van der Waals surface area contributed by atoms with E-state index >= 15 is 0 Å². The van der Waals surface area contributed by atoms with Gasteiger partial charge in [-0.2, -0.15) is 0 Å². The Kier molecular flexibility index (Phi) is 3.58. The number of aromatic nitrogens is 1. The summed E-state index contributed by atoms with van der Waals surface area (Å²) in [6.45, 7) is 3.88. The van der Waals surface area contributed by atoms with Crippen LogP contribution in [0.1, 0.15) is 16.1 Å². The lowest BCUT2D eigenvalue weighted by atomic mass is 10.2. The highest BCUT2D eigenvalue weighted by molar-refractivity contribution is 7.10. The Morgan fingerprint density at radius 2 is 1.95 bits per heavy atom. The first-order chi connectivity index (χ1) is 9.33. The molecule has 2 aromatic heterocycles. The lowest BCUT2D eigenvalue weighted by molar-refractivity contribution is 0.686. The largest absolute Gasteiger partial charge is 0.306 e. The summed E-state index contributed by atoms with van der Waals surface area (Å²) < 4.78 is 0. The van der Waals surface area contributed by atoms with Crippen molar-refractivity contribution in [2.24, 2.45) is 0 Å². The molecule has 1 aromatic carbocycles. The number of fused-ring (bicyclic) bond motifs is 1. The van der Waals surface area contributed by atoms with Crippen LogP contribution in [0, 0.1) is 6.92 Å². The number of para-hydroxylation sites is 1. The van der Waals surface area contributed by atoms with Gasteiger partial charge in [-0.05, 0) is 36.1 Å². The van der Waals surface area contributed by atoms with Gasteiger partial charge >= 0.3 is 0 Å². The Labute approximate surface area is 117 Å². The third-order valence-corrected chi connectivity index (χ3v) is 4.24. The second-order valence-corrected chi connectivity index (χ2v) is 5.63. The van der Waals surface area contributed by atoms with Gasteiger partial charge in [0.1, 0.15) is 0 Å². The second-order valence-electron chi connectivity index (χ2n) is 4.63. The third-order valence-electron chi connectivity index (χ3n) is 3.22. The van der Waals surface area contributed by atoms with E-state index < -0.39 is 0 Å². The van der Waals surface area contributed by atoms with Crippen molar-refractivity contribution >= 4 is 22.2 Å². The van der Waals surface area contributed by atoms with E-state index in [1.54, 1.807) is 11.3 Å². The van der Waals surface area contributed by atoms with Crippen LogP contribution < -0.4 is 5.32 Å². The molecule has 0 aliphatic carbocycles. The summed E-state index contributed by atoms with van der Waals surface area (Å²) in [5.74, 6) is 0. The first kappa shape index (κ1) is 12.3. The zero-order valence-electron chi connectivity index (χ0n) is 10.9. The highest BCUT2D eigenvalue weighted by atomic mass is 32.1. The van der Waals surface area contributed by atoms with Gasteiger partial charge in [0.05, 0.1) is 11.2 Å². The maximum atomic E-state index is 4.66.